The van der Waals surface area contributed by atoms with Gasteiger partial charge in [0.25, 0.3) is 5.91 Å². The Morgan fingerprint density at radius 3 is 2.75 bits per heavy atom. The summed E-state index contributed by atoms with van der Waals surface area (Å²) >= 11 is 6.95. The fourth-order valence-electron chi connectivity index (χ4n) is 2.28. The molecule has 12 heteroatoms. The molecule has 2 heterocycles. The Morgan fingerprint density at radius 2 is 2.11 bits per heavy atom. The molecule has 28 heavy (non-hydrogen) atoms. The van der Waals surface area contributed by atoms with Crippen molar-refractivity contribution < 1.29 is 22.9 Å². The summed E-state index contributed by atoms with van der Waals surface area (Å²) in [4.78, 5) is 22.7. The standard InChI is InChI=1S/C16H10ClF3N4O3S/c17-12-2-1-10(16(18,19)20)4-13(12)22-15(25)14-3-9(8-28-14)6-23-7-11(5-21-23)24(26)27/h1-5,7-8H,6H2,(H,22,25). The Kier molecular flexibility index (Phi) is 5.38. The van der Waals surface area contributed by atoms with Crippen molar-refractivity contribution in [1.82, 2.24) is 9.78 Å². The lowest BCUT2D eigenvalue weighted by atomic mass is 10.2. The predicted molar refractivity (Wildman–Crippen MR) is 96.7 cm³/mol. The summed E-state index contributed by atoms with van der Waals surface area (Å²) in [5.74, 6) is -0.621. The third kappa shape index (κ3) is 4.49. The molecule has 0 aliphatic heterocycles. The maximum absolute atomic E-state index is 12.8. The number of alkyl halides is 3. The predicted octanol–water partition coefficient (Wildman–Crippen LogP) is 4.83. The van der Waals surface area contributed by atoms with Crippen LogP contribution in [0.15, 0.2) is 42.0 Å². The highest BCUT2D eigenvalue weighted by molar-refractivity contribution is 7.12. The van der Waals surface area contributed by atoms with Gasteiger partial charge < -0.3 is 5.32 Å². The average molecular weight is 431 g/mol. The van der Waals surface area contributed by atoms with Gasteiger partial charge in [-0.05, 0) is 35.2 Å². The molecule has 0 aliphatic carbocycles. The number of carbonyl (C=O) groups is 1. The number of rotatable bonds is 5. The minimum absolute atomic E-state index is 0.0259. The number of hydrogen-bond donors (Lipinski definition) is 1. The number of hydrogen-bond acceptors (Lipinski definition) is 5. The Hall–Kier alpha value is -2.92. The Bertz CT molecular complexity index is 1050. The van der Waals surface area contributed by atoms with Crippen molar-refractivity contribution in [2.24, 2.45) is 0 Å². The van der Waals surface area contributed by atoms with Crippen molar-refractivity contribution in [1.29, 1.82) is 0 Å². The topological polar surface area (TPSA) is 90.1 Å². The molecule has 3 rings (SSSR count). The molecule has 146 valence electrons. The van der Waals surface area contributed by atoms with Crippen molar-refractivity contribution in [3.8, 4) is 0 Å². The van der Waals surface area contributed by atoms with Crippen LogP contribution in [0.1, 0.15) is 20.8 Å². The van der Waals surface area contributed by atoms with Crippen LogP contribution in [-0.4, -0.2) is 20.6 Å². The summed E-state index contributed by atoms with van der Waals surface area (Å²) in [6.07, 6.45) is -2.21. The van der Waals surface area contributed by atoms with Gasteiger partial charge in [0.2, 0.25) is 0 Å². The number of thiophene rings is 1. The van der Waals surface area contributed by atoms with Crippen molar-refractivity contribution in [2.75, 3.05) is 5.32 Å². The number of carbonyl (C=O) groups excluding carboxylic acids is 1. The molecule has 0 radical (unpaired) electrons. The first-order valence-corrected chi connectivity index (χ1v) is 8.81. The molecule has 0 unspecified atom stereocenters. The van der Waals surface area contributed by atoms with Gasteiger partial charge in [-0.2, -0.15) is 18.3 Å². The summed E-state index contributed by atoms with van der Waals surface area (Å²) in [7, 11) is 0. The van der Waals surface area contributed by atoms with Crippen molar-refractivity contribution in [2.45, 2.75) is 12.7 Å². The number of anilines is 1. The molecule has 0 fully saturated rings. The maximum atomic E-state index is 12.8. The highest BCUT2D eigenvalue weighted by atomic mass is 35.5. The largest absolute Gasteiger partial charge is 0.416 e. The van der Waals surface area contributed by atoms with E-state index >= 15 is 0 Å². The van der Waals surface area contributed by atoms with Crippen LogP contribution in [0.2, 0.25) is 5.02 Å². The molecule has 7 nitrogen and oxygen atoms in total. The number of halogens is 4. The third-order valence-electron chi connectivity index (χ3n) is 3.59. The smallest absolute Gasteiger partial charge is 0.320 e. The summed E-state index contributed by atoms with van der Waals surface area (Å²) in [6, 6.07) is 4.17. The van der Waals surface area contributed by atoms with Gasteiger partial charge in [0, 0.05) is 0 Å². The zero-order chi connectivity index (χ0) is 20.5. The van der Waals surface area contributed by atoms with E-state index in [1.54, 1.807) is 5.38 Å². The molecule has 0 saturated carbocycles. The van der Waals surface area contributed by atoms with Gasteiger partial charge >= 0.3 is 11.9 Å². The van der Waals surface area contributed by atoms with Crippen LogP contribution in [-0.2, 0) is 12.7 Å². The second-order valence-electron chi connectivity index (χ2n) is 5.62. The van der Waals surface area contributed by atoms with Crippen molar-refractivity contribution in [3.63, 3.8) is 0 Å². The number of nitrogens with one attached hydrogen (secondary N) is 1. The molecule has 2 aromatic heterocycles. The van der Waals surface area contributed by atoms with Gasteiger partial charge in [0.1, 0.15) is 12.4 Å². The monoisotopic (exact) mass is 430 g/mol. The fraction of sp³-hybridized carbons (Fsp3) is 0.125. The van der Waals surface area contributed by atoms with Crippen LogP contribution in [0.25, 0.3) is 0 Å². The van der Waals surface area contributed by atoms with E-state index in [-0.39, 0.29) is 27.8 Å². The van der Waals surface area contributed by atoms with E-state index in [1.165, 1.54) is 16.9 Å². The minimum Gasteiger partial charge on any atom is -0.320 e. The second-order valence-corrected chi connectivity index (χ2v) is 6.94. The van der Waals surface area contributed by atoms with Crippen molar-refractivity contribution in [3.05, 3.63) is 73.2 Å². The first kappa shape index (κ1) is 19.8. The lowest BCUT2D eigenvalue weighted by Crippen LogP contribution is -2.12. The van der Waals surface area contributed by atoms with Gasteiger partial charge in [0.15, 0.2) is 0 Å². The summed E-state index contributed by atoms with van der Waals surface area (Å²) in [6.45, 7) is 0.196. The van der Waals surface area contributed by atoms with Crippen LogP contribution in [0, 0.1) is 10.1 Å². The molecule has 0 bridgehead atoms. The summed E-state index contributed by atoms with van der Waals surface area (Å²) < 4.78 is 39.8. The van der Waals surface area contributed by atoms with Crippen LogP contribution in [0.3, 0.4) is 0 Å². The van der Waals surface area contributed by atoms with E-state index in [9.17, 15) is 28.1 Å². The average Bonchev–Trinajstić information content (AvgIpc) is 3.26. The Labute approximate surface area is 164 Å². The van der Waals surface area contributed by atoms with Crippen LogP contribution < -0.4 is 5.32 Å². The number of aromatic nitrogens is 2. The zero-order valence-corrected chi connectivity index (χ0v) is 15.3. The maximum Gasteiger partial charge on any atom is 0.416 e. The van der Waals surface area contributed by atoms with E-state index < -0.39 is 22.6 Å². The molecular formula is C16H10ClF3N4O3S. The Morgan fingerprint density at radius 1 is 1.36 bits per heavy atom. The van der Waals surface area contributed by atoms with E-state index in [0.717, 1.165) is 35.7 Å². The fourth-order valence-corrected chi connectivity index (χ4v) is 3.24. The molecule has 0 aliphatic rings. The van der Waals surface area contributed by atoms with E-state index in [0.29, 0.717) is 5.56 Å². The quantitative estimate of drug-likeness (QED) is 0.464. The molecule has 0 spiro atoms. The molecule has 1 N–H and O–H groups in total. The third-order valence-corrected chi connectivity index (χ3v) is 4.90. The molecule has 0 saturated heterocycles. The van der Waals surface area contributed by atoms with Gasteiger partial charge in [-0.3, -0.25) is 19.6 Å². The van der Waals surface area contributed by atoms with Crippen molar-refractivity contribution >= 4 is 40.2 Å². The van der Waals surface area contributed by atoms with E-state index in [2.05, 4.69) is 10.4 Å². The highest BCUT2D eigenvalue weighted by Gasteiger charge is 2.31. The number of amides is 1. The van der Waals surface area contributed by atoms with Crippen LogP contribution >= 0.6 is 22.9 Å². The molecular weight excluding hydrogens is 421 g/mol. The van der Waals surface area contributed by atoms with E-state index in [4.69, 9.17) is 11.6 Å². The molecule has 3 aromatic rings. The highest BCUT2D eigenvalue weighted by Crippen LogP contribution is 2.34. The zero-order valence-electron chi connectivity index (χ0n) is 13.7. The number of benzene rings is 1. The lowest BCUT2D eigenvalue weighted by Gasteiger charge is -2.11. The molecule has 1 aromatic carbocycles. The van der Waals surface area contributed by atoms with Crippen LogP contribution in [0.4, 0.5) is 24.5 Å². The summed E-state index contributed by atoms with van der Waals surface area (Å²) in [5.41, 5.74) is -0.589. The van der Waals surface area contributed by atoms with Gasteiger partial charge in [0.05, 0.1) is 32.6 Å². The first-order chi connectivity index (χ1) is 13.1. The molecule has 1 amide bonds. The SMILES string of the molecule is O=C(Nc1cc(C(F)(F)F)ccc1Cl)c1cc(Cn2cc([N+](=O)[O-])cn2)cs1. The normalized spacial score (nSPS) is 11.4. The Balaban J connectivity index is 1.73. The van der Waals surface area contributed by atoms with E-state index in [1.807, 2.05) is 0 Å². The lowest BCUT2D eigenvalue weighted by molar-refractivity contribution is -0.385. The minimum atomic E-state index is -4.56. The number of nitro groups is 1. The van der Waals surface area contributed by atoms with Gasteiger partial charge in [-0.25, -0.2) is 0 Å². The van der Waals surface area contributed by atoms with Crippen LogP contribution in [0.5, 0.6) is 0 Å². The second kappa shape index (κ2) is 7.60. The molecule has 0 atom stereocenters. The van der Waals surface area contributed by atoms with Gasteiger partial charge in [-0.15, -0.1) is 11.3 Å². The van der Waals surface area contributed by atoms with Gasteiger partial charge in [-0.1, -0.05) is 11.6 Å². The number of nitrogens with zero attached hydrogens (tertiary/aromatic N) is 3. The first-order valence-electron chi connectivity index (χ1n) is 7.56. The summed E-state index contributed by atoms with van der Waals surface area (Å²) in [5, 5.41) is 18.5.